The molecule has 1 heterocycles. The predicted octanol–water partition coefficient (Wildman–Crippen LogP) is 2.82. The summed E-state index contributed by atoms with van der Waals surface area (Å²) in [5.41, 5.74) is 1.76. The van der Waals surface area contributed by atoms with Crippen molar-refractivity contribution in [3.63, 3.8) is 0 Å². The first-order valence-electron chi connectivity index (χ1n) is 6.74. The minimum Gasteiger partial charge on any atom is -0.481 e. The Morgan fingerprint density at radius 1 is 1.53 bits per heavy atom. The maximum atomic E-state index is 13.2. The van der Waals surface area contributed by atoms with E-state index < -0.39 is 5.97 Å². The van der Waals surface area contributed by atoms with Gasteiger partial charge in [0.05, 0.1) is 0 Å². The molecule has 1 fully saturated rings. The third kappa shape index (κ3) is 4.03. The maximum Gasteiger partial charge on any atom is 0.303 e. The number of rotatable bonds is 4. The quantitative estimate of drug-likeness (QED) is 0.910. The molecule has 19 heavy (non-hydrogen) atoms. The molecule has 3 nitrogen and oxygen atoms in total. The molecule has 2 rings (SSSR count). The van der Waals surface area contributed by atoms with Crippen molar-refractivity contribution in [3.05, 3.63) is 35.1 Å². The molecule has 104 valence electrons. The minimum atomic E-state index is -0.718. The van der Waals surface area contributed by atoms with E-state index in [9.17, 15) is 9.18 Å². The van der Waals surface area contributed by atoms with Crippen molar-refractivity contribution in [2.75, 3.05) is 13.1 Å². The first-order valence-corrected chi connectivity index (χ1v) is 6.74. The standard InChI is InChI=1S/C15H20FNO2/c1-11-7-13(4-5-14(11)16)10-17-6-2-3-12(9-17)8-15(18)19/h4-5,7,12H,2-3,6,8-10H2,1H3,(H,18,19). The lowest BCUT2D eigenvalue weighted by Crippen LogP contribution is -2.35. The number of carboxylic acid groups (broad SMARTS) is 1. The average molecular weight is 265 g/mol. The highest BCUT2D eigenvalue weighted by Gasteiger charge is 2.22. The number of likely N-dealkylation sites (tertiary alicyclic amines) is 1. The van der Waals surface area contributed by atoms with Crippen LogP contribution in [0.25, 0.3) is 0 Å². The highest BCUT2D eigenvalue weighted by molar-refractivity contribution is 5.67. The summed E-state index contributed by atoms with van der Waals surface area (Å²) in [6.45, 7) is 4.36. The molecule has 1 unspecified atom stereocenters. The molecule has 0 spiro atoms. The van der Waals surface area contributed by atoms with Gasteiger partial charge in [0.1, 0.15) is 5.82 Å². The first-order chi connectivity index (χ1) is 9.04. The van der Waals surface area contributed by atoms with Crippen LogP contribution in [0.5, 0.6) is 0 Å². The van der Waals surface area contributed by atoms with Gasteiger partial charge in [-0.25, -0.2) is 4.39 Å². The summed E-state index contributed by atoms with van der Waals surface area (Å²) in [6.07, 6.45) is 2.28. The molecule has 1 aromatic rings. The number of carbonyl (C=O) groups is 1. The molecule has 0 radical (unpaired) electrons. The number of hydrogen-bond donors (Lipinski definition) is 1. The highest BCUT2D eigenvalue weighted by Crippen LogP contribution is 2.21. The molecule has 0 aliphatic carbocycles. The molecular formula is C15H20FNO2. The van der Waals surface area contributed by atoms with Gasteiger partial charge in [-0.1, -0.05) is 12.1 Å². The Balaban J connectivity index is 1.94. The SMILES string of the molecule is Cc1cc(CN2CCCC(CC(=O)O)C2)ccc1F. The molecule has 0 saturated carbocycles. The van der Waals surface area contributed by atoms with Gasteiger partial charge in [0.2, 0.25) is 0 Å². The van der Waals surface area contributed by atoms with E-state index in [0.717, 1.165) is 38.0 Å². The van der Waals surface area contributed by atoms with Gasteiger partial charge in [0.25, 0.3) is 0 Å². The fourth-order valence-corrected chi connectivity index (χ4v) is 2.77. The number of hydrogen-bond acceptors (Lipinski definition) is 2. The van der Waals surface area contributed by atoms with Gasteiger partial charge in [-0.05, 0) is 49.4 Å². The van der Waals surface area contributed by atoms with E-state index in [1.165, 1.54) is 6.07 Å². The third-order valence-corrected chi connectivity index (χ3v) is 3.69. The fourth-order valence-electron chi connectivity index (χ4n) is 2.77. The summed E-state index contributed by atoms with van der Waals surface area (Å²) in [4.78, 5) is 13.0. The molecule has 0 amide bonds. The second-order valence-electron chi connectivity index (χ2n) is 5.42. The Labute approximate surface area is 113 Å². The summed E-state index contributed by atoms with van der Waals surface area (Å²) in [5, 5.41) is 8.85. The van der Waals surface area contributed by atoms with E-state index in [2.05, 4.69) is 4.90 Å². The van der Waals surface area contributed by atoms with E-state index in [-0.39, 0.29) is 18.2 Å². The summed E-state index contributed by atoms with van der Waals surface area (Å²) in [5.74, 6) is -0.650. The summed E-state index contributed by atoms with van der Waals surface area (Å²) < 4.78 is 13.2. The van der Waals surface area contributed by atoms with Gasteiger partial charge in [0.15, 0.2) is 0 Å². The van der Waals surface area contributed by atoms with E-state index in [4.69, 9.17) is 5.11 Å². The number of aliphatic carboxylic acids is 1. The van der Waals surface area contributed by atoms with Crippen LogP contribution >= 0.6 is 0 Å². The van der Waals surface area contributed by atoms with Crippen LogP contribution in [0.3, 0.4) is 0 Å². The maximum absolute atomic E-state index is 13.2. The van der Waals surface area contributed by atoms with Crippen LogP contribution in [0.4, 0.5) is 4.39 Å². The Kier molecular flexibility index (Phi) is 4.53. The largest absolute Gasteiger partial charge is 0.481 e. The Morgan fingerprint density at radius 3 is 3.00 bits per heavy atom. The Hall–Kier alpha value is -1.42. The van der Waals surface area contributed by atoms with Crippen molar-refractivity contribution in [1.29, 1.82) is 0 Å². The zero-order chi connectivity index (χ0) is 13.8. The number of aryl methyl sites for hydroxylation is 1. The van der Waals surface area contributed by atoms with Crippen molar-refractivity contribution in [3.8, 4) is 0 Å². The minimum absolute atomic E-state index is 0.175. The van der Waals surface area contributed by atoms with E-state index in [0.29, 0.717) is 5.56 Å². The summed E-state index contributed by atoms with van der Waals surface area (Å²) in [6, 6.07) is 5.18. The van der Waals surface area contributed by atoms with Crippen molar-refractivity contribution in [2.24, 2.45) is 5.92 Å². The van der Waals surface area contributed by atoms with Gasteiger partial charge in [-0.3, -0.25) is 9.69 Å². The lowest BCUT2D eigenvalue weighted by atomic mass is 9.94. The van der Waals surface area contributed by atoms with Gasteiger partial charge in [-0.15, -0.1) is 0 Å². The number of benzene rings is 1. The highest BCUT2D eigenvalue weighted by atomic mass is 19.1. The van der Waals surface area contributed by atoms with Crippen LogP contribution in [-0.2, 0) is 11.3 Å². The van der Waals surface area contributed by atoms with Crippen molar-refractivity contribution in [1.82, 2.24) is 4.90 Å². The zero-order valence-corrected chi connectivity index (χ0v) is 11.2. The van der Waals surface area contributed by atoms with Gasteiger partial charge in [0, 0.05) is 19.5 Å². The first kappa shape index (κ1) is 14.0. The van der Waals surface area contributed by atoms with E-state index in [1.807, 2.05) is 12.1 Å². The van der Waals surface area contributed by atoms with Crippen LogP contribution in [0, 0.1) is 18.7 Å². The molecule has 1 saturated heterocycles. The van der Waals surface area contributed by atoms with Crippen molar-refractivity contribution >= 4 is 5.97 Å². The van der Waals surface area contributed by atoms with Crippen molar-refractivity contribution in [2.45, 2.75) is 32.7 Å². The number of halogens is 1. The summed E-state index contributed by atoms with van der Waals surface area (Å²) >= 11 is 0. The predicted molar refractivity (Wildman–Crippen MR) is 71.4 cm³/mol. The molecular weight excluding hydrogens is 245 g/mol. The monoisotopic (exact) mass is 265 g/mol. The lowest BCUT2D eigenvalue weighted by molar-refractivity contribution is -0.138. The number of carboxylic acids is 1. The van der Waals surface area contributed by atoms with Crippen LogP contribution in [0.1, 0.15) is 30.4 Å². The molecule has 1 N–H and O–H groups in total. The number of nitrogens with zero attached hydrogens (tertiary/aromatic N) is 1. The number of piperidine rings is 1. The van der Waals surface area contributed by atoms with Crippen LogP contribution in [-0.4, -0.2) is 29.1 Å². The Bertz CT molecular complexity index is 461. The van der Waals surface area contributed by atoms with E-state index in [1.54, 1.807) is 6.92 Å². The van der Waals surface area contributed by atoms with Crippen LogP contribution < -0.4 is 0 Å². The van der Waals surface area contributed by atoms with Crippen LogP contribution in [0.15, 0.2) is 18.2 Å². The molecule has 0 aromatic heterocycles. The molecule has 1 aromatic carbocycles. The average Bonchev–Trinajstić information content (AvgIpc) is 2.33. The molecule has 1 atom stereocenters. The van der Waals surface area contributed by atoms with E-state index >= 15 is 0 Å². The molecule has 1 aliphatic heterocycles. The zero-order valence-electron chi connectivity index (χ0n) is 11.2. The molecule has 0 bridgehead atoms. The smallest absolute Gasteiger partial charge is 0.303 e. The topological polar surface area (TPSA) is 40.5 Å². The van der Waals surface area contributed by atoms with Gasteiger partial charge >= 0.3 is 5.97 Å². The third-order valence-electron chi connectivity index (χ3n) is 3.69. The lowest BCUT2D eigenvalue weighted by Gasteiger charge is -2.32. The van der Waals surface area contributed by atoms with Gasteiger partial charge < -0.3 is 5.11 Å². The van der Waals surface area contributed by atoms with Crippen molar-refractivity contribution < 1.29 is 14.3 Å². The second kappa shape index (κ2) is 6.15. The normalized spacial score (nSPS) is 20.4. The molecule has 4 heteroatoms. The second-order valence-corrected chi connectivity index (χ2v) is 5.42. The fraction of sp³-hybridized carbons (Fsp3) is 0.533. The molecule has 1 aliphatic rings. The summed E-state index contributed by atoms with van der Waals surface area (Å²) in [7, 11) is 0. The Morgan fingerprint density at radius 2 is 2.32 bits per heavy atom. The van der Waals surface area contributed by atoms with Gasteiger partial charge in [-0.2, -0.15) is 0 Å². The van der Waals surface area contributed by atoms with Crippen LogP contribution in [0.2, 0.25) is 0 Å².